The number of nitrogens with one attached hydrogen (secondary N) is 2. The molecule has 2 aliphatic rings. The van der Waals surface area contributed by atoms with Crippen LogP contribution in [0.15, 0.2) is 0 Å². The summed E-state index contributed by atoms with van der Waals surface area (Å²) < 4.78 is 0. The van der Waals surface area contributed by atoms with Crippen molar-refractivity contribution in [1.82, 2.24) is 10.6 Å². The van der Waals surface area contributed by atoms with Crippen LogP contribution in [-0.4, -0.2) is 25.0 Å². The average Bonchev–Trinajstić information content (AvgIpc) is 2.48. The van der Waals surface area contributed by atoms with Crippen molar-refractivity contribution >= 4 is 18.3 Å². The van der Waals surface area contributed by atoms with Crippen molar-refractivity contribution in [3.63, 3.8) is 0 Å². The van der Waals surface area contributed by atoms with Gasteiger partial charge in [0.25, 0.3) is 0 Å². The predicted octanol–water partition coefficient (Wildman–Crippen LogP) is 3.77. The van der Waals surface area contributed by atoms with Crippen molar-refractivity contribution in [3.8, 4) is 0 Å². The van der Waals surface area contributed by atoms with Crippen molar-refractivity contribution in [2.75, 3.05) is 13.1 Å². The lowest BCUT2D eigenvalue weighted by Gasteiger charge is -2.32. The van der Waals surface area contributed by atoms with Gasteiger partial charge in [-0.2, -0.15) is 0 Å². The lowest BCUT2D eigenvalue weighted by molar-refractivity contribution is -0.123. The molecule has 0 spiro atoms. The van der Waals surface area contributed by atoms with Crippen LogP contribution >= 0.6 is 12.4 Å². The lowest BCUT2D eigenvalue weighted by atomic mass is 9.79. The topological polar surface area (TPSA) is 41.1 Å². The molecule has 2 unspecified atom stereocenters. The molecule has 1 aliphatic carbocycles. The third-order valence-electron chi connectivity index (χ3n) is 5.73. The van der Waals surface area contributed by atoms with Crippen molar-refractivity contribution in [2.24, 2.45) is 23.7 Å². The minimum atomic E-state index is 0. The summed E-state index contributed by atoms with van der Waals surface area (Å²) in [7, 11) is 0. The Labute approximate surface area is 142 Å². The third-order valence-corrected chi connectivity index (χ3v) is 5.73. The molecule has 130 valence electrons. The largest absolute Gasteiger partial charge is 0.353 e. The van der Waals surface area contributed by atoms with E-state index in [1.165, 1.54) is 38.5 Å². The van der Waals surface area contributed by atoms with Crippen LogP contribution in [0.4, 0.5) is 0 Å². The van der Waals surface area contributed by atoms with Gasteiger partial charge in [-0.3, -0.25) is 4.79 Å². The van der Waals surface area contributed by atoms with Gasteiger partial charge in [0.1, 0.15) is 0 Å². The number of hydrogen-bond donors (Lipinski definition) is 2. The van der Waals surface area contributed by atoms with Gasteiger partial charge in [-0.05, 0) is 75.3 Å². The zero-order chi connectivity index (χ0) is 15.2. The summed E-state index contributed by atoms with van der Waals surface area (Å²) in [5, 5.41) is 6.74. The molecule has 1 saturated heterocycles. The van der Waals surface area contributed by atoms with E-state index in [4.69, 9.17) is 0 Å². The summed E-state index contributed by atoms with van der Waals surface area (Å²) in [6.07, 6.45) is 8.16. The first-order valence-corrected chi connectivity index (χ1v) is 9.06. The number of carbonyl (C=O) groups excluding carboxylic acids is 1. The van der Waals surface area contributed by atoms with Gasteiger partial charge >= 0.3 is 0 Å². The molecule has 0 aromatic carbocycles. The molecule has 1 aliphatic heterocycles. The Morgan fingerprint density at radius 2 is 1.77 bits per heavy atom. The second-order valence-corrected chi connectivity index (χ2v) is 7.71. The van der Waals surface area contributed by atoms with Crippen LogP contribution in [0.2, 0.25) is 0 Å². The summed E-state index contributed by atoms with van der Waals surface area (Å²) in [6.45, 7) is 9.13. The summed E-state index contributed by atoms with van der Waals surface area (Å²) in [6, 6.07) is 0.434. The first-order chi connectivity index (χ1) is 10.1. The van der Waals surface area contributed by atoms with Crippen LogP contribution in [0.3, 0.4) is 0 Å². The molecule has 2 N–H and O–H groups in total. The van der Waals surface area contributed by atoms with Gasteiger partial charge in [0, 0.05) is 12.5 Å². The Kier molecular flexibility index (Phi) is 8.78. The van der Waals surface area contributed by atoms with E-state index in [2.05, 4.69) is 31.4 Å². The zero-order valence-electron chi connectivity index (χ0n) is 14.6. The minimum absolute atomic E-state index is 0. The normalized spacial score (nSPS) is 30.5. The Balaban J connectivity index is 0.00000242. The molecule has 3 nitrogen and oxygen atoms in total. The fourth-order valence-electron chi connectivity index (χ4n) is 4.04. The molecule has 0 radical (unpaired) electrons. The summed E-state index contributed by atoms with van der Waals surface area (Å²) in [5.74, 6) is 3.12. The van der Waals surface area contributed by atoms with E-state index >= 15 is 0 Å². The Bertz CT molecular complexity index is 321. The van der Waals surface area contributed by atoms with Crippen LogP contribution in [0.5, 0.6) is 0 Å². The zero-order valence-corrected chi connectivity index (χ0v) is 15.4. The fraction of sp³-hybridized carbons (Fsp3) is 0.944. The summed E-state index contributed by atoms with van der Waals surface area (Å²) in [4.78, 5) is 12.2. The second kappa shape index (κ2) is 9.77. The highest BCUT2D eigenvalue weighted by atomic mass is 35.5. The van der Waals surface area contributed by atoms with E-state index in [1.807, 2.05) is 0 Å². The average molecular weight is 331 g/mol. The monoisotopic (exact) mass is 330 g/mol. The van der Waals surface area contributed by atoms with Gasteiger partial charge in [0.15, 0.2) is 0 Å². The van der Waals surface area contributed by atoms with E-state index < -0.39 is 0 Å². The molecule has 2 atom stereocenters. The highest BCUT2D eigenvalue weighted by molar-refractivity contribution is 5.85. The highest BCUT2D eigenvalue weighted by Crippen LogP contribution is 2.30. The maximum Gasteiger partial charge on any atom is 0.220 e. The van der Waals surface area contributed by atoms with Crippen LogP contribution in [0.1, 0.15) is 65.7 Å². The quantitative estimate of drug-likeness (QED) is 0.805. The van der Waals surface area contributed by atoms with Crippen molar-refractivity contribution in [1.29, 1.82) is 0 Å². The summed E-state index contributed by atoms with van der Waals surface area (Å²) >= 11 is 0. The molecule has 0 aromatic rings. The van der Waals surface area contributed by atoms with Crippen LogP contribution in [-0.2, 0) is 4.79 Å². The fourth-order valence-corrected chi connectivity index (χ4v) is 4.04. The Hall–Kier alpha value is -0.280. The Morgan fingerprint density at radius 1 is 1.09 bits per heavy atom. The van der Waals surface area contributed by atoms with Gasteiger partial charge in [0.05, 0.1) is 0 Å². The van der Waals surface area contributed by atoms with Crippen LogP contribution in [0.25, 0.3) is 0 Å². The summed E-state index contributed by atoms with van der Waals surface area (Å²) in [5.41, 5.74) is 0. The molecule has 1 amide bonds. The van der Waals surface area contributed by atoms with Crippen molar-refractivity contribution in [2.45, 2.75) is 71.8 Å². The number of rotatable bonds is 5. The molecule has 22 heavy (non-hydrogen) atoms. The minimum Gasteiger partial charge on any atom is -0.353 e. The lowest BCUT2D eigenvalue weighted by Crippen LogP contribution is -2.40. The molecule has 1 saturated carbocycles. The van der Waals surface area contributed by atoms with Gasteiger partial charge < -0.3 is 10.6 Å². The highest BCUT2D eigenvalue weighted by Gasteiger charge is 2.26. The molecular formula is C18H35ClN2O. The number of amides is 1. The van der Waals surface area contributed by atoms with E-state index in [0.29, 0.717) is 24.3 Å². The van der Waals surface area contributed by atoms with Gasteiger partial charge in [-0.25, -0.2) is 0 Å². The molecule has 2 fully saturated rings. The molecule has 1 heterocycles. The molecule has 2 rings (SSSR count). The predicted molar refractivity (Wildman–Crippen MR) is 95.3 cm³/mol. The molecule has 4 heteroatoms. The van der Waals surface area contributed by atoms with Gasteiger partial charge in [0.2, 0.25) is 5.91 Å². The van der Waals surface area contributed by atoms with E-state index in [-0.39, 0.29) is 18.3 Å². The SMILES string of the molecule is CC(C)C1CCC(NC(=O)CC(C)C2CCCNC2)CC1.Cl. The van der Waals surface area contributed by atoms with E-state index in [9.17, 15) is 4.79 Å². The molecule has 0 bridgehead atoms. The maximum atomic E-state index is 12.2. The smallest absolute Gasteiger partial charge is 0.220 e. The van der Waals surface area contributed by atoms with E-state index in [0.717, 1.165) is 24.9 Å². The number of halogens is 1. The van der Waals surface area contributed by atoms with E-state index in [1.54, 1.807) is 0 Å². The van der Waals surface area contributed by atoms with Gasteiger partial charge in [-0.1, -0.05) is 20.8 Å². The standard InChI is InChI=1S/C18H34N2O.ClH/c1-13(2)15-6-8-17(9-7-15)20-18(21)11-14(3)16-5-4-10-19-12-16;/h13-17,19H,4-12H2,1-3H3,(H,20,21);1H. The van der Waals surface area contributed by atoms with Crippen LogP contribution in [0, 0.1) is 23.7 Å². The number of piperidine rings is 1. The number of carbonyl (C=O) groups is 1. The number of hydrogen-bond acceptors (Lipinski definition) is 2. The van der Waals surface area contributed by atoms with Crippen LogP contribution < -0.4 is 10.6 Å². The molecular weight excluding hydrogens is 296 g/mol. The first-order valence-electron chi connectivity index (χ1n) is 9.06. The Morgan fingerprint density at radius 3 is 2.32 bits per heavy atom. The van der Waals surface area contributed by atoms with Crippen molar-refractivity contribution in [3.05, 3.63) is 0 Å². The maximum absolute atomic E-state index is 12.2. The van der Waals surface area contributed by atoms with Gasteiger partial charge in [-0.15, -0.1) is 12.4 Å². The third kappa shape index (κ3) is 6.08. The second-order valence-electron chi connectivity index (χ2n) is 7.71. The molecule has 0 aromatic heterocycles. The first kappa shape index (κ1) is 19.8. The van der Waals surface area contributed by atoms with Crippen molar-refractivity contribution < 1.29 is 4.79 Å².